The average Bonchev–Trinajstić information content (AvgIpc) is 2.32. The van der Waals surface area contributed by atoms with E-state index < -0.39 is 0 Å². The zero-order valence-corrected chi connectivity index (χ0v) is 12.2. The van der Waals surface area contributed by atoms with Crippen LogP contribution in [0.3, 0.4) is 0 Å². The fourth-order valence-electron chi connectivity index (χ4n) is 2.87. The van der Waals surface area contributed by atoms with Gasteiger partial charge in [0.25, 0.3) is 5.91 Å². The summed E-state index contributed by atoms with van der Waals surface area (Å²) in [6.45, 7) is 4.47. The Morgan fingerprint density at radius 1 is 1.37 bits per heavy atom. The van der Waals surface area contributed by atoms with Crippen LogP contribution in [-0.4, -0.2) is 11.9 Å². The lowest BCUT2D eigenvalue weighted by atomic mass is 9.80. The van der Waals surface area contributed by atoms with Crippen molar-refractivity contribution in [3.05, 3.63) is 28.8 Å². The highest BCUT2D eigenvalue weighted by Gasteiger charge is 2.27. The second-order valence-corrected chi connectivity index (χ2v) is 6.14. The van der Waals surface area contributed by atoms with Gasteiger partial charge in [-0.05, 0) is 49.3 Å². The Bertz CT molecular complexity index is 475. The number of nitrogens with one attached hydrogen (secondary N) is 1. The van der Waals surface area contributed by atoms with Crippen LogP contribution >= 0.6 is 11.6 Å². The summed E-state index contributed by atoms with van der Waals surface area (Å²) in [4.78, 5) is 12.2. The molecular weight excluding hydrogens is 260 g/mol. The van der Waals surface area contributed by atoms with E-state index in [1.54, 1.807) is 18.2 Å². The molecule has 19 heavy (non-hydrogen) atoms. The van der Waals surface area contributed by atoms with Crippen molar-refractivity contribution in [3.8, 4) is 0 Å². The monoisotopic (exact) mass is 280 g/mol. The lowest BCUT2D eigenvalue weighted by Crippen LogP contribution is -2.42. The number of nitrogens with two attached hydrogens (primary N) is 1. The Morgan fingerprint density at radius 3 is 2.74 bits per heavy atom. The number of halogens is 1. The van der Waals surface area contributed by atoms with Gasteiger partial charge in [0.15, 0.2) is 0 Å². The highest BCUT2D eigenvalue weighted by Crippen LogP contribution is 2.29. The van der Waals surface area contributed by atoms with E-state index in [4.69, 9.17) is 17.3 Å². The molecule has 1 fully saturated rings. The Labute approximate surface area is 119 Å². The third kappa shape index (κ3) is 3.41. The maximum absolute atomic E-state index is 12.2. The SMILES string of the molecule is CC1CCC(NC(=O)c2ccc(Cl)cc2N)C(C)C1. The second-order valence-electron chi connectivity index (χ2n) is 5.71. The van der Waals surface area contributed by atoms with E-state index in [0.717, 1.165) is 12.3 Å². The van der Waals surface area contributed by atoms with E-state index >= 15 is 0 Å². The van der Waals surface area contributed by atoms with Crippen molar-refractivity contribution in [1.29, 1.82) is 0 Å². The zero-order valence-electron chi connectivity index (χ0n) is 11.4. The van der Waals surface area contributed by atoms with Crippen molar-refractivity contribution in [2.75, 3.05) is 5.73 Å². The summed E-state index contributed by atoms with van der Waals surface area (Å²) in [5, 5.41) is 3.65. The Hall–Kier alpha value is -1.22. The van der Waals surface area contributed by atoms with Crippen LogP contribution in [0, 0.1) is 11.8 Å². The van der Waals surface area contributed by atoms with E-state index in [-0.39, 0.29) is 11.9 Å². The highest BCUT2D eigenvalue weighted by molar-refractivity contribution is 6.31. The number of hydrogen-bond donors (Lipinski definition) is 2. The van der Waals surface area contributed by atoms with Gasteiger partial charge in [-0.3, -0.25) is 4.79 Å². The minimum atomic E-state index is -0.0967. The van der Waals surface area contributed by atoms with Crippen LogP contribution in [0.2, 0.25) is 5.02 Å². The first kappa shape index (κ1) is 14.2. The van der Waals surface area contributed by atoms with Gasteiger partial charge in [0, 0.05) is 16.8 Å². The molecule has 0 bridgehead atoms. The third-order valence-corrected chi connectivity index (χ3v) is 4.24. The first-order valence-corrected chi connectivity index (χ1v) is 7.21. The van der Waals surface area contributed by atoms with Crippen LogP contribution < -0.4 is 11.1 Å². The molecule has 4 heteroatoms. The fourth-order valence-corrected chi connectivity index (χ4v) is 3.05. The Morgan fingerprint density at radius 2 is 2.11 bits per heavy atom. The molecule has 1 aliphatic rings. The average molecular weight is 281 g/mol. The van der Waals surface area contributed by atoms with Gasteiger partial charge >= 0.3 is 0 Å². The Balaban J connectivity index is 2.04. The molecule has 3 N–H and O–H groups in total. The quantitative estimate of drug-likeness (QED) is 0.815. The molecule has 0 heterocycles. The summed E-state index contributed by atoms with van der Waals surface area (Å²) in [7, 11) is 0. The lowest BCUT2D eigenvalue weighted by molar-refractivity contribution is 0.0900. The van der Waals surface area contributed by atoms with E-state index in [1.165, 1.54) is 12.8 Å². The number of carbonyl (C=O) groups is 1. The van der Waals surface area contributed by atoms with Crippen LogP contribution in [0.25, 0.3) is 0 Å². The number of nitrogen functional groups attached to an aromatic ring is 1. The Kier molecular flexibility index (Phi) is 4.35. The summed E-state index contributed by atoms with van der Waals surface area (Å²) >= 11 is 5.84. The fraction of sp³-hybridized carbons (Fsp3) is 0.533. The van der Waals surface area contributed by atoms with Crippen molar-refractivity contribution in [3.63, 3.8) is 0 Å². The topological polar surface area (TPSA) is 55.1 Å². The molecule has 0 radical (unpaired) electrons. The third-order valence-electron chi connectivity index (χ3n) is 4.01. The number of amides is 1. The molecule has 1 aliphatic carbocycles. The van der Waals surface area contributed by atoms with Crippen LogP contribution in [0.5, 0.6) is 0 Å². The molecule has 1 saturated carbocycles. The van der Waals surface area contributed by atoms with Crippen LogP contribution in [0.15, 0.2) is 18.2 Å². The molecule has 1 aromatic rings. The van der Waals surface area contributed by atoms with Crippen LogP contribution in [0.4, 0.5) is 5.69 Å². The van der Waals surface area contributed by atoms with Gasteiger partial charge in [0.1, 0.15) is 0 Å². The molecule has 2 rings (SSSR count). The molecule has 0 aliphatic heterocycles. The minimum absolute atomic E-state index is 0.0967. The summed E-state index contributed by atoms with van der Waals surface area (Å²) in [5.41, 5.74) is 6.78. The van der Waals surface area contributed by atoms with Gasteiger partial charge in [-0.15, -0.1) is 0 Å². The van der Waals surface area contributed by atoms with Crippen LogP contribution in [0.1, 0.15) is 43.5 Å². The van der Waals surface area contributed by atoms with Crippen molar-refractivity contribution in [1.82, 2.24) is 5.32 Å². The number of benzene rings is 1. The molecule has 3 nitrogen and oxygen atoms in total. The van der Waals surface area contributed by atoms with Gasteiger partial charge in [-0.1, -0.05) is 25.4 Å². The lowest BCUT2D eigenvalue weighted by Gasteiger charge is -2.33. The van der Waals surface area contributed by atoms with Crippen LogP contribution in [-0.2, 0) is 0 Å². The first-order chi connectivity index (χ1) is 8.97. The highest BCUT2D eigenvalue weighted by atomic mass is 35.5. The van der Waals surface area contributed by atoms with Gasteiger partial charge in [0.05, 0.1) is 5.56 Å². The van der Waals surface area contributed by atoms with Gasteiger partial charge in [-0.25, -0.2) is 0 Å². The predicted molar refractivity (Wildman–Crippen MR) is 79.3 cm³/mol. The summed E-state index contributed by atoms with van der Waals surface area (Å²) < 4.78 is 0. The molecule has 0 saturated heterocycles. The van der Waals surface area contributed by atoms with E-state index in [2.05, 4.69) is 19.2 Å². The molecule has 0 spiro atoms. The second kappa shape index (κ2) is 5.83. The van der Waals surface area contributed by atoms with Gasteiger partial charge in [0.2, 0.25) is 0 Å². The molecular formula is C15H21ClN2O. The molecule has 1 amide bonds. The zero-order chi connectivity index (χ0) is 14.0. The molecule has 3 unspecified atom stereocenters. The molecule has 104 valence electrons. The summed E-state index contributed by atoms with van der Waals surface area (Å²) in [6, 6.07) is 5.24. The summed E-state index contributed by atoms with van der Waals surface area (Å²) in [6.07, 6.45) is 3.38. The van der Waals surface area contributed by atoms with Gasteiger partial charge < -0.3 is 11.1 Å². The van der Waals surface area contributed by atoms with E-state index in [0.29, 0.717) is 22.2 Å². The molecule has 3 atom stereocenters. The molecule has 1 aromatic carbocycles. The van der Waals surface area contributed by atoms with E-state index in [1.807, 2.05) is 0 Å². The largest absolute Gasteiger partial charge is 0.398 e. The first-order valence-electron chi connectivity index (χ1n) is 6.83. The van der Waals surface area contributed by atoms with Crippen molar-refractivity contribution in [2.24, 2.45) is 11.8 Å². The maximum Gasteiger partial charge on any atom is 0.253 e. The normalized spacial score (nSPS) is 27.0. The van der Waals surface area contributed by atoms with Crippen molar-refractivity contribution < 1.29 is 4.79 Å². The summed E-state index contributed by atoms with van der Waals surface area (Å²) in [5.74, 6) is 1.17. The standard InChI is InChI=1S/C15H21ClN2O/c1-9-3-6-14(10(2)7-9)18-15(19)12-5-4-11(16)8-13(12)17/h4-5,8-10,14H,3,6-7,17H2,1-2H3,(H,18,19). The minimum Gasteiger partial charge on any atom is -0.398 e. The smallest absolute Gasteiger partial charge is 0.253 e. The number of hydrogen-bond acceptors (Lipinski definition) is 2. The number of rotatable bonds is 2. The number of carbonyl (C=O) groups excluding carboxylic acids is 1. The number of anilines is 1. The maximum atomic E-state index is 12.2. The molecule has 0 aromatic heterocycles. The predicted octanol–water partition coefficient (Wildman–Crippen LogP) is 3.48. The van der Waals surface area contributed by atoms with Crippen molar-refractivity contribution in [2.45, 2.75) is 39.2 Å². The van der Waals surface area contributed by atoms with E-state index in [9.17, 15) is 4.79 Å². The van der Waals surface area contributed by atoms with Crippen molar-refractivity contribution >= 4 is 23.2 Å². The van der Waals surface area contributed by atoms with Gasteiger partial charge in [-0.2, -0.15) is 0 Å².